The second-order valence-corrected chi connectivity index (χ2v) is 3.30. The second-order valence-electron chi connectivity index (χ2n) is 3.30. The van der Waals surface area contributed by atoms with Crippen molar-refractivity contribution in [2.24, 2.45) is 5.73 Å². The molecule has 0 amide bonds. The predicted molar refractivity (Wildman–Crippen MR) is 50.0 cm³/mol. The van der Waals surface area contributed by atoms with Crippen LogP contribution in [-0.2, 0) is 4.74 Å². The van der Waals surface area contributed by atoms with Crippen LogP contribution in [0.1, 0.15) is 5.69 Å². The Kier molecular flexibility index (Phi) is 2.60. The fourth-order valence-corrected chi connectivity index (χ4v) is 1.33. The zero-order chi connectivity index (χ0) is 9.97. The van der Waals surface area contributed by atoms with Crippen LogP contribution in [0.25, 0.3) is 0 Å². The molecule has 0 aromatic carbocycles. The number of nitrogens with zero attached hydrogens (tertiary/aromatic N) is 2. The standard InChI is InChI=1S/C9H13N3O2/c1-6-9(12-3-2-11-6)14-8-5-13-4-7(8)10/h2-3,7-8H,4-5,10H2,1H3. The minimum absolute atomic E-state index is 0.0728. The summed E-state index contributed by atoms with van der Waals surface area (Å²) in [5, 5.41) is 0. The molecular formula is C9H13N3O2. The summed E-state index contributed by atoms with van der Waals surface area (Å²) in [5.41, 5.74) is 6.55. The van der Waals surface area contributed by atoms with Crippen LogP contribution < -0.4 is 10.5 Å². The number of rotatable bonds is 2. The van der Waals surface area contributed by atoms with Crippen LogP contribution in [0.5, 0.6) is 5.88 Å². The molecule has 14 heavy (non-hydrogen) atoms. The number of hydrogen-bond donors (Lipinski definition) is 1. The SMILES string of the molecule is Cc1nccnc1OC1COCC1N. The zero-order valence-electron chi connectivity index (χ0n) is 8.01. The molecule has 0 spiro atoms. The predicted octanol–water partition coefficient (Wildman–Crippen LogP) is -0.110. The molecule has 1 saturated heterocycles. The van der Waals surface area contributed by atoms with Gasteiger partial charge in [-0.05, 0) is 6.92 Å². The Morgan fingerprint density at radius 2 is 2.21 bits per heavy atom. The van der Waals surface area contributed by atoms with Gasteiger partial charge in [-0.25, -0.2) is 4.98 Å². The van der Waals surface area contributed by atoms with Gasteiger partial charge in [-0.3, -0.25) is 4.98 Å². The van der Waals surface area contributed by atoms with Gasteiger partial charge in [-0.2, -0.15) is 0 Å². The average molecular weight is 195 g/mol. The van der Waals surface area contributed by atoms with Crippen LogP contribution in [0, 0.1) is 6.92 Å². The molecule has 1 aliphatic heterocycles. The van der Waals surface area contributed by atoms with Gasteiger partial charge in [0.2, 0.25) is 5.88 Å². The summed E-state index contributed by atoms with van der Waals surface area (Å²) in [6, 6.07) is -0.0728. The molecular weight excluding hydrogens is 182 g/mol. The molecule has 5 heteroatoms. The van der Waals surface area contributed by atoms with Crippen LogP contribution in [0.4, 0.5) is 0 Å². The van der Waals surface area contributed by atoms with E-state index < -0.39 is 0 Å². The highest BCUT2D eigenvalue weighted by atomic mass is 16.6. The molecule has 2 rings (SSSR count). The normalized spacial score (nSPS) is 26.4. The molecule has 76 valence electrons. The average Bonchev–Trinajstić information content (AvgIpc) is 2.56. The largest absolute Gasteiger partial charge is 0.469 e. The summed E-state index contributed by atoms with van der Waals surface area (Å²) in [6.07, 6.45) is 3.13. The fourth-order valence-electron chi connectivity index (χ4n) is 1.33. The van der Waals surface area contributed by atoms with E-state index in [9.17, 15) is 0 Å². The Bertz CT molecular complexity index is 319. The van der Waals surface area contributed by atoms with Crippen molar-refractivity contribution in [2.45, 2.75) is 19.1 Å². The summed E-state index contributed by atoms with van der Waals surface area (Å²) in [7, 11) is 0. The van der Waals surface area contributed by atoms with Gasteiger partial charge in [-0.15, -0.1) is 0 Å². The third-order valence-electron chi connectivity index (χ3n) is 2.17. The maximum atomic E-state index is 5.78. The van der Waals surface area contributed by atoms with Crippen LogP contribution >= 0.6 is 0 Å². The number of ether oxygens (including phenoxy) is 2. The smallest absolute Gasteiger partial charge is 0.235 e. The lowest BCUT2D eigenvalue weighted by molar-refractivity contribution is 0.136. The van der Waals surface area contributed by atoms with Gasteiger partial charge in [0.25, 0.3) is 0 Å². The van der Waals surface area contributed by atoms with Gasteiger partial charge in [0.1, 0.15) is 6.10 Å². The molecule has 0 saturated carbocycles. The third-order valence-corrected chi connectivity index (χ3v) is 2.17. The van der Waals surface area contributed by atoms with Crippen molar-refractivity contribution < 1.29 is 9.47 Å². The summed E-state index contributed by atoms with van der Waals surface area (Å²) in [6.45, 7) is 2.92. The molecule has 1 aliphatic rings. The highest BCUT2D eigenvalue weighted by Crippen LogP contribution is 2.15. The quantitative estimate of drug-likeness (QED) is 0.713. The van der Waals surface area contributed by atoms with Crippen LogP contribution in [0.15, 0.2) is 12.4 Å². The van der Waals surface area contributed by atoms with E-state index in [0.717, 1.165) is 5.69 Å². The Balaban J connectivity index is 2.07. The molecule has 0 aliphatic carbocycles. The summed E-state index contributed by atoms with van der Waals surface area (Å²) in [4.78, 5) is 8.16. The summed E-state index contributed by atoms with van der Waals surface area (Å²) >= 11 is 0. The zero-order valence-corrected chi connectivity index (χ0v) is 8.01. The molecule has 5 nitrogen and oxygen atoms in total. The van der Waals surface area contributed by atoms with Gasteiger partial charge in [0.05, 0.1) is 24.9 Å². The first-order valence-electron chi connectivity index (χ1n) is 4.55. The maximum Gasteiger partial charge on any atom is 0.235 e. The van der Waals surface area contributed by atoms with Crippen molar-refractivity contribution in [3.05, 3.63) is 18.1 Å². The van der Waals surface area contributed by atoms with Crippen molar-refractivity contribution >= 4 is 0 Å². The summed E-state index contributed by atoms with van der Waals surface area (Å²) in [5.74, 6) is 0.540. The summed E-state index contributed by atoms with van der Waals surface area (Å²) < 4.78 is 10.8. The van der Waals surface area contributed by atoms with Gasteiger partial charge in [0, 0.05) is 12.4 Å². The van der Waals surface area contributed by atoms with E-state index >= 15 is 0 Å². The van der Waals surface area contributed by atoms with E-state index in [0.29, 0.717) is 19.1 Å². The molecule has 2 unspecified atom stereocenters. The Morgan fingerprint density at radius 3 is 2.86 bits per heavy atom. The first-order chi connectivity index (χ1) is 6.77. The molecule has 2 heterocycles. The lowest BCUT2D eigenvalue weighted by Gasteiger charge is -2.15. The number of hydrogen-bond acceptors (Lipinski definition) is 5. The molecule has 0 bridgehead atoms. The number of aryl methyl sites for hydroxylation is 1. The molecule has 2 N–H and O–H groups in total. The second kappa shape index (κ2) is 3.89. The van der Waals surface area contributed by atoms with E-state index in [2.05, 4.69) is 9.97 Å². The van der Waals surface area contributed by atoms with Crippen molar-refractivity contribution in [2.75, 3.05) is 13.2 Å². The first-order valence-corrected chi connectivity index (χ1v) is 4.55. The van der Waals surface area contributed by atoms with Gasteiger partial charge >= 0.3 is 0 Å². The van der Waals surface area contributed by atoms with E-state index in [1.165, 1.54) is 0 Å². The van der Waals surface area contributed by atoms with Gasteiger partial charge in [0.15, 0.2) is 0 Å². The van der Waals surface area contributed by atoms with Gasteiger partial charge in [-0.1, -0.05) is 0 Å². The highest BCUT2D eigenvalue weighted by Gasteiger charge is 2.27. The number of nitrogens with two attached hydrogens (primary N) is 1. The van der Waals surface area contributed by atoms with E-state index in [-0.39, 0.29) is 12.1 Å². The Hall–Kier alpha value is -1.20. The monoisotopic (exact) mass is 195 g/mol. The molecule has 1 fully saturated rings. The Labute approximate surface area is 82.3 Å². The van der Waals surface area contributed by atoms with Crippen molar-refractivity contribution in [3.8, 4) is 5.88 Å². The van der Waals surface area contributed by atoms with E-state index in [1.54, 1.807) is 12.4 Å². The van der Waals surface area contributed by atoms with Crippen molar-refractivity contribution in [3.63, 3.8) is 0 Å². The van der Waals surface area contributed by atoms with E-state index in [4.69, 9.17) is 15.2 Å². The van der Waals surface area contributed by atoms with Crippen LogP contribution in [0.2, 0.25) is 0 Å². The Morgan fingerprint density at radius 1 is 1.43 bits per heavy atom. The molecule has 1 aromatic heterocycles. The number of aromatic nitrogens is 2. The topological polar surface area (TPSA) is 70.3 Å². The molecule has 0 radical (unpaired) electrons. The lowest BCUT2D eigenvalue weighted by Crippen LogP contribution is -2.37. The molecule has 1 aromatic rings. The first kappa shape index (κ1) is 9.36. The fraction of sp³-hybridized carbons (Fsp3) is 0.556. The maximum absolute atomic E-state index is 5.78. The van der Waals surface area contributed by atoms with E-state index in [1.807, 2.05) is 6.92 Å². The van der Waals surface area contributed by atoms with Crippen molar-refractivity contribution in [1.82, 2.24) is 9.97 Å². The van der Waals surface area contributed by atoms with Gasteiger partial charge < -0.3 is 15.2 Å². The van der Waals surface area contributed by atoms with Crippen LogP contribution in [0.3, 0.4) is 0 Å². The van der Waals surface area contributed by atoms with Crippen molar-refractivity contribution in [1.29, 1.82) is 0 Å². The lowest BCUT2D eigenvalue weighted by atomic mass is 10.2. The minimum Gasteiger partial charge on any atom is -0.469 e. The third kappa shape index (κ3) is 1.83. The molecule has 2 atom stereocenters. The highest BCUT2D eigenvalue weighted by molar-refractivity contribution is 5.15. The minimum atomic E-state index is -0.106. The van der Waals surface area contributed by atoms with Crippen LogP contribution in [-0.4, -0.2) is 35.3 Å².